The molecule has 19 heavy (non-hydrogen) atoms. The largest absolute Gasteiger partial charge is 0.352 e. The fourth-order valence-electron chi connectivity index (χ4n) is 1.56. The van der Waals surface area contributed by atoms with Crippen molar-refractivity contribution in [1.29, 1.82) is 0 Å². The summed E-state index contributed by atoms with van der Waals surface area (Å²) in [6, 6.07) is 7.69. The number of rotatable bonds is 4. The third-order valence-electron chi connectivity index (χ3n) is 2.58. The number of urea groups is 1. The van der Waals surface area contributed by atoms with Gasteiger partial charge in [-0.2, -0.15) is 0 Å². The molecule has 0 saturated heterocycles. The lowest BCUT2D eigenvalue weighted by Crippen LogP contribution is -2.37. The first-order valence-corrected chi connectivity index (χ1v) is 6.07. The maximum Gasteiger partial charge on any atom is 0.316 e. The van der Waals surface area contributed by atoms with Crippen LogP contribution in [0.25, 0.3) is 10.9 Å². The Morgan fingerprint density at radius 1 is 1.26 bits per heavy atom. The predicted octanol–water partition coefficient (Wildman–Crippen LogP) is 1.31. The summed E-state index contributed by atoms with van der Waals surface area (Å²) >= 11 is 0. The quantitative estimate of drug-likeness (QED) is 0.812. The molecule has 0 aliphatic rings. The standard InChI is InChI=1S/C13H17N5O/c1-18(2)13(19)15-8-7-14-12-16-9-10-5-3-4-6-11(10)17-12/h3-6,9H,7-8H2,1-2H3,(H,15,19)(H,14,16,17). The van der Waals surface area contributed by atoms with Crippen molar-refractivity contribution in [3.63, 3.8) is 0 Å². The zero-order valence-corrected chi connectivity index (χ0v) is 11.1. The monoisotopic (exact) mass is 259 g/mol. The van der Waals surface area contributed by atoms with Gasteiger partial charge in [0.25, 0.3) is 0 Å². The Hall–Kier alpha value is -2.37. The number of nitrogens with zero attached hydrogens (tertiary/aromatic N) is 3. The minimum absolute atomic E-state index is 0.110. The van der Waals surface area contributed by atoms with Crippen LogP contribution in [0.5, 0.6) is 0 Å². The predicted molar refractivity (Wildman–Crippen MR) is 75.1 cm³/mol. The zero-order chi connectivity index (χ0) is 13.7. The Bertz CT molecular complexity index is 570. The molecule has 1 heterocycles. The van der Waals surface area contributed by atoms with Crippen molar-refractivity contribution in [1.82, 2.24) is 20.2 Å². The molecule has 2 amide bonds. The van der Waals surface area contributed by atoms with Crippen LogP contribution in [0, 0.1) is 0 Å². The lowest BCUT2D eigenvalue weighted by Gasteiger charge is -2.12. The van der Waals surface area contributed by atoms with Crippen LogP contribution in [0.4, 0.5) is 10.7 Å². The molecule has 100 valence electrons. The summed E-state index contributed by atoms with van der Waals surface area (Å²) in [6.07, 6.45) is 1.78. The van der Waals surface area contributed by atoms with Crippen molar-refractivity contribution in [2.45, 2.75) is 0 Å². The van der Waals surface area contributed by atoms with E-state index in [0.29, 0.717) is 19.0 Å². The number of hydrogen-bond donors (Lipinski definition) is 2. The number of para-hydroxylation sites is 1. The average molecular weight is 259 g/mol. The van der Waals surface area contributed by atoms with Crippen molar-refractivity contribution in [2.75, 3.05) is 32.5 Å². The first-order chi connectivity index (χ1) is 9.16. The van der Waals surface area contributed by atoms with E-state index in [9.17, 15) is 4.79 Å². The molecule has 0 unspecified atom stereocenters. The van der Waals surface area contributed by atoms with E-state index in [1.54, 1.807) is 20.3 Å². The first-order valence-electron chi connectivity index (χ1n) is 6.07. The molecule has 0 atom stereocenters. The van der Waals surface area contributed by atoms with Gasteiger partial charge in [0.05, 0.1) is 5.52 Å². The van der Waals surface area contributed by atoms with Gasteiger partial charge in [-0.1, -0.05) is 18.2 Å². The van der Waals surface area contributed by atoms with Gasteiger partial charge in [-0.3, -0.25) is 0 Å². The normalized spacial score (nSPS) is 10.2. The third kappa shape index (κ3) is 3.54. The summed E-state index contributed by atoms with van der Waals surface area (Å²) in [5.41, 5.74) is 0.900. The molecule has 6 nitrogen and oxygen atoms in total. The van der Waals surface area contributed by atoms with Crippen LogP contribution in [0.15, 0.2) is 30.5 Å². The van der Waals surface area contributed by atoms with E-state index in [-0.39, 0.29) is 6.03 Å². The van der Waals surface area contributed by atoms with E-state index in [4.69, 9.17) is 0 Å². The van der Waals surface area contributed by atoms with Crippen molar-refractivity contribution < 1.29 is 4.79 Å². The number of fused-ring (bicyclic) bond motifs is 1. The van der Waals surface area contributed by atoms with Gasteiger partial charge in [-0.05, 0) is 6.07 Å². The molecule has 2 N–H and O–H groups in total. The van der Waals surface area contributed by atoms with Crippen LogP contribution >= 0.6 is 0 Å². The van der Waals surface area contributed by atoms with E-state index in [0.717, 1.165) is 10.9 Å². The molecule has 2 rings (SSSR count). The molecule has 0 aliphatic carbocycles. The second-order valence-electron chi connectivity index (χ2n) is 4.31. The summed E-state index contributed by atoms with van der Waals surface area (Å²) < 4.78 is 0. The Morgan fingerprint density at radius 2 is 2.05 bits per heavy atom. The molecule has 0 spiro atoms. The minimum Gasteiger partial charge on any atom is -0.352 e. The molecule has 0 fully saturated rings. The molecule has 0 radical (unpaired) electrons. The Kier molecular flexibility index (Phi) is 4.12. The van der Waals surface area contributed by atoms with Gasteiger partial charge in [0, 0.05) is 38.8 Å². The summed E-state index contributed by atoms with van der Waals surface area (Å²) in [4.78, 5) is 21.4. The van der Waals surface area contributed by atoms with Crippen LogP contribution in [0.1, 0.15) is 0 Å². The van der Waals surface area contributed by atoms with Gasteiger partial charge < -0.3 is 15.5 Å². The van der Waals surface area contributed by atoms with Crippen LogP contribution in [0.3, 0.4) is 0 Å². The maximum absolute atomic E-state index is 11.3. The molecule has 1 aromatic carbocycles. The van der Waals surface area contributed by atoms with E-state index in [1.165, 1.54) is 4.90 Å². The van der Waals surface area contributed by atoms with E-state index < -0.39 is 0 Å². The van der Waals surface area contributed by atoms with Gasteiger partial charge in [0.1, 0.15) is 0 Å². The Morgan fingerprint density at radius 3 is 2.84 bits per heavy atom. The first kappa shape index (κ1) is 13.1. The summed E-state index contributed by atoms with van der Waals surface area (Å²) in [6.45, 7) is 1.10. The fraction of sp³-hybridized carbons (Fsp3) is 0.308. The number of carbonyl (C=O) groups is 1. The van der Waals surface area contributed by atoms with Crippen LogP contribution in [-0.4, -0.2) is 48.1 Å². The van der Waals surface area contributed by atoms with Crippen LogP contribution in [0.2, 0.25) is 0 Å². The molecule has 0 bridgehead atoms. The van der Waals surface area contributed by atoms with Gasteiger partial charge >= 0.3 is 6.03 Å². The number of carbonyl (C=O) groups excluding carboxylic acids is 1. The molecular weight excluding hydrogens is 242 g/mol. The highest BCUT2D eigenvalue weighted by Gasteiger charge is 2.02. The van der Waals surface area contributed by atoms with Gasteiger partial charge in [0.15, 0.2) is 0 Å². The van der Waals surface area contributed by atoms with Gasteiger partial charge in [-0.15, -0.1) is 0 Å². The van der Waals surface area contributed by atoms with Crippen LogP contribution in [-0.2, 0) is 0 Å². The van der Waals surface area contributed by atoms with Crippen LogP contribution < -0.4 is 10.6 Å². The molecule has 1 aromatic heterocycles. The number of nitrogens with one attached hydrogen (secondary N) is 2. The second-order valence-corrected chi connectivity index (χ2v) is 4.31. The fourth-order valence-corrected chi connectivity index (χ4v) is 1.56. The van der Waals surface area contributed by atoms with Crippen molar-refractivity contribution in [3.05, 3.63) is 30.5 Å². The van der Waals surface area contributed by atoms with E-state index >= 15 is 0 Å². The minimum atomic E-state index is -0.110. The van der Waals surface area contributed by atoms with Crippen molar-refractivity contribution in [2.24, 2.45) is 0 Å². The second kappa shape index (κ2) is 5.99. The summed E-state index contributed by atoms with van der Waals surface area (Å²) in [5.74, 6) is 0.567. The maximum atomic E-state index is 11.3. The van der Waals surface area contributed by atoms with Crippen molar-refractivity contribution in [3.8, 4) is 0 Å². The molecule has 2 aromatic rings. The highest BCUT2D eigenvalue weighted by Crippen LogP contribution is 2.11. The number of benzene rings is 1. The Balaban J connectivity index is 1.86. The number of anilines is 1. The lowest BCUT2D eigenvalue weighted by molar-refractivity contribution is 0.218. The molecule has 6 heteroatoms. The molecular formula is C13H17N5O. The molecule has 0 saturated carbocycles. The average Bonchev–Trinajstić information content (AvgIpc) is 2.43. The topological polar surface area (TPSA) is 70.2 Å². The summed E-state index contributed by atoms with van der Waals surface area (Å²) in [7, 11) is 3.41. The number of amides is 2. The van der Waals surface area contributed by atoms with Crippen molar-refractivity contribution >= 4 is 22.9 Å². The smallest absolute Gasteiger partial charge is 0.316 e. The molecule has 0 aliphatic heterocycles. The number of aromatic nitrogens is 2. The van der Waals surface area contributed by atoms with E-state index in [1.807, 2.05) is 24.3 Å². The van der Waals surface area contributed by atoms with Gasteiger partial charge in [0.2, 0.25) is 5.95 Å². The third-order valence-corrected chi connectivity index (χ3v) is 2.58. The zero-order valence-electron chi connectivity index (χ0n) is 11.1. The Labute approximate surface area is 111 Å². The SMILES string of the molecule is CN(C)C(=O)NCCNc1ncc2ccccc2n1. The lowest BCUT2D eigenvalue weighted by atomic mass is 10.2. The number of hydrogen-bond acceptors (Lipinski definition) is 4. The van der Waals surface area contributed by atoms with E-state index in [2.05, 4.69) is 20.6 Å². The summed E-state index contributed by atoms with van der Waals surface area (Å²) in [5, 5.41) is 6.84. The highest BCUT2D eigenvalue weighted by molar-refractivity contribution is 5.78. The highest BCUT2D eigenvalue weighted by atomic mass is 16.2. The van der Waals surface area contributed by atoms with Gasteiger partial charge in [-0.25, -0.2) is 14.8 Å².